The summed E-state index contributed by atoms with van der Waals surface area (Å²) in [4.78, 5) is 0. The summed E-state index contributed by atoms with van der Waals surface area (Å²) in [5, 5.41) is 9.03. The second-order valence-electron chi connectivity index (χ2n) is 3.78. The van der Waals surface area contributed by atoms with Crippen LogP contribution in [0.3, 0.4) is 0 Å². The lowest BCUT2D eigenvalue weighted by molar-refractivity contribution is 0.414. The van der Waals surface area contributed by atoms with E-state index in [0.29, 0.717) is 0 Å². The molecule has 0 saturated heterocycles. The lowest BCUT2D eigenvalue weighted by Gasteiger charge is -2.11. The van der Waals surface area contributed by atoms with Crippen LogP contribution in [0.25, 0.3) is 0 Å². The zero-order chi connectivity index (χ0) is 13.0. The first-order valence-corrected chi connectivity index (χ1v) is 7.31. The molecule has 0 aliphatic heterocycles. The number of aromatic nitrogens is 2. The zero-order valence-corrected chi connectivity index (χ0v) is 11.9. The fourth-order valence-corrected chi connectivity index (χ4v) is 3.30. The third-order valence-electron chi connectivity index (χ3n) is 2.42. The molecule has 2 N–H and O–H groups in total. The molecule has 0 aliphatic carbocycles. The minimum Gasteiger partial charge on any atom is -0.497 e. The third kappa shape index (κ3) is 3.44. The molecule has 2 aromatic rings. The van der Waals surface area contributed by atoms with E-state index in [1.54, 1.807) is 30.2 Å². The van der Waals surface area contributed by atoms with Gasteiger partial charge in [0.25, 0.3) is 0 Å². The van der Waals surface area contributed by atoms with Crippen molar-refractivity contribution >= 4 is 23.1 Å². The maximum absolute atomic E-state index is 6.15. The van der Waals surface area contributed by atoms with E-state index >= 15 is 0 Å². The van der Waals surface area contributed by atoms with Gasteiger partial charge in [-0.15, -0.1) is 10.2 Å². The van der Waals surface area contributed by atoms with E-state index in [4.69, 9.17) is 10.5 Å². The molecular formula is C12H15N3OS2. The van der Waals surface area contributed by atoms with Crippen LogP contribution < -0.4 is 10.5 Å². The van der Waals surface area contributed by atoms with Crippen LogP contribution in [0.15, 0.2) is 28.6 Å². The Bertz CT molecular complexity index is 516. The summed E-state index contributed by atoms with van der Waals surface area (Å²) >= 11 is 3.23. The van der Waals surface area contributed by atoms with Gasteiger partial charge in [0, 0.05) is 11.8 Å². The normalized spacial score (nSPS) is 12.4. The Morgan fingerprint density at radius 1 is 1.44 bits per heavy atom. The Morgan fingerprint density at radius 2 is 2.28 bits per heavy atom. The second kappa shape index (κ2) is 6.17. The second-order valence-corrected chi connectivity index (χ2v) is 6.23. The van der Waals surface area contributed by atoms with Gasteiger partial charge >= 0.3 is 0 Å². The molecule has 0 amide bonds. The summed E-state index contributed by atoms with van der Waals surface area (Å²) in [7, 11) is 1.66. The Labute approximate surface area is 115 Å². The molecule has 18 heavy (non-hydrogen) atoms. The van der Waals surface area contributed by atoms with Gasteiger partial charge in [0.1, 0.15) is 10.8 Å². The van der Waals surface area contributed by atoms with Gasteiger partial charge in [-0.3, -0.25) is 0 Å². The maximum Gasteiger partial charge on any atom is 0.174 e. The number of hydrogen-bond donors (Lipinski definition) is 1. The molecule has 1 unspecified atom stereocenters. The van der Waals surface area contributed by atoms with Crippen molar-refractivity contribution in [3.8, 4) is 5.75 Å². The number of benzene rings is 1. The molecule has 1 aromatic heterocycles. The summed E-state index contributed by atoms with van der Waals surface area (Å²) < 4.78 is 6.15. The molecule has 1 aromatic carbocycles. The van der Waals surface area contributed by atoms with Crippen LogP contribution in [-0.4, -0.2) is 23.1 Å². The van der Waals surface area contributed by atoms with Crippen LogP contribution in [-0.2, 0) is 0 Å². The van der Waals surface area contributed by atoms with E-state index in [-0.39, 0.29) is 6.04 Å². The topological polar surface area (TPSA) is 61.0 Å². The summed E-state index contributed by atoms with van der Waals surface area (Å²) in [5.74, 6) is 1.61. The standard InChI is InChI=1S/C12H15N3OS2/c1-8-14-15-12(18-8)17-7-11(13)9-4-3-5-10(6-9)16-2/h3-6,11H,7,13H2,1-2H3. The Kier molecular flexibility index (Phi) is 4.57. The number of nitrogens with two attached hydrogens (primary N) is 1. The molecule has 0 saturated carbocycles. The summed E-state index contributed by atoms with van der Waals surface area (Å²) in [5.41, 5.74) is 7.23. The van der Waals surface area contributed by atoms with E-state index in [1.165, 1.54) is 0 Å². The van der Waals surface area contributed by atoms with Gasteiger partial charge in [-0.1, -0.05) is 35.2 Å². The van der Waals surface area contributed by atoms with Crippen molar-refractivity contribution in [3.63, 3.8) is 0 Å². The zero-order valence-electron chi connectivity index (χ0n) is 10.3. The Morgan fingerprint density at radius 3 is 2.94 bits per heavy atom. The van der Waals surface area contributed by atoms with Crippen LogP contribution in [0.4, 0.5) is 0 Å². The average Bonchev–Trinajstić information content (AvgIpc) is 2.82. The minimum atomic E-state index is -0.0330. The number of ether oxygens (including phenoxy) is 1. The van der Waals surface area contributed by atoms with Crippen molar-refractivity contribution in [2.24, 2.45) is 5.73 Å². The smallest absolute Gasteiger partial charge is 0.174 e. The van der Waals surface area contributed by atoms with Crippen LogP contribution in [0.2, 0.25) is 0 Å². The van der Waals surface area contributed by atoms with Crippen molar-refractivity contribution in [2.75, 3.05) is 12.9 Å². The van der Waals surface area contributed by atoms with E-state index in [2.05, 4.69) is 10.2 Å². The van der Waals surface area contributed by atoms with Gasteiger partial charge in [0.2, 0.25) is 0 Å². The van der Waals surface area contributed by atoms with Gasteiger partial charge in [-0.05, 0) is 24.6 Å². The van der Waals surface area contributed by atoms with Crippen molar-refractivity contribution in [1.29, 1.82) is 0 Å². The molecule has 4 nitrogen and oxygen atoms in total. The lowest BCUT2D eigenvalue weighted by Crippen LogP contribution is -2.12. The average molecular weight is 281 g/mol. The number of nitrogens with zero attached hydrogens (tertiary/aromatic N) is 2. The molecule has 0 radical (unpaired) electrons. The maximum atomic E-state index is 6.15. The van der Waals surface area contributed by atoms with Crippen molar-refractivity contribution in [2.45, 2.75) is 17.3 Å². The quantitative estimate of drug-likeness (QED) is 0.854. The fourth-order valence-electron chi connectivity index (χ4n) is 1.47. The number of aryl methyl sites for hydroxylation is 1. The summed E-state index contributed by atoms with van der Waals surface area (Å²) in [6.07, 6.45) is 0. The molecular weight excluding hydrogens is 266 g/mol. The molecule has 0 fully saturated rings. The Balaban J connectivity index is 1.96. The van der Waals surface area contributed by atoms with Gasteiger partial charge in [-0.25, -0.2) is 0 Å². The molecule has 1 atom stereocenters. The van der Waals surface area contributed by atoms with Crippen molar-refractivity contribution in [1.82, 2.24) is 10.2 Å². The first-order chi connectivity index (χ1) is 8.69. The Hall–Kier alpha value is -1.11. The molecule has 96 valence electrons. The van der Waals surface area contributed by atoms with Crippen LogP contribution in [0, 0.1) is 6.92 Å². The predicted octanol–water partition coefficient (Wildman–Crippen LogP) is 2.65. The number of thioether (sulfide) groups is 1. The molecule has 0 aliphatic rings. The highest BCUT2D eigenvalue weighted by Crippen LogP contribution is 2.27. The van der Waals surface area contributed by atoms with E-state index in [0.717, 1.165) is 26.4 Å². The van der Waals surface area contributed by atoms with Crippen LogP contribution >= 0.6 is 23.1 Å². The van der Waals surface area contributed by atoms with Crippen LogP contribution in [0.5, 0.6) is 5.75 Å². The largest absolute Gasteiger partial charge is 0.497 e. The molecule has 6 heteroatoms. The van der Waals surface area contributed by atoms with Crippen molar-refractivity contribution in [3.05, 3.63) is 34.8 Å². The van der Waals surface area contributed by atoms with Gasteiger partial charge in [-0.2, -0.15) is 0 Å². The van der Waals surface area contributed by atoms with Gasteiger partial charge in [0.15, 0.2) is 4.34 Å². The third-order valence-corrected chi connectivity index (χ3v) is 4.51. The minimum absolute atomic E-state index is 0.0330. The lowest BCUT2D eigenvalue weighted by atomic mass is 10.1. The number of methoxy groups -OCH3 is 1. The molecule has 2 rings (SSSR count). The van der Waals surface area contributed by atoms with Gasteiger partial charge < -0.3 is 10.5 Å². The van der Waals surface area contributed by atoms with Gasteiger partial charge in [0.05, 0.1) is 7.11 Å². The molecule has 0 bridgehead atoms. The SMILES string of the molecule is COc1cccc(C(N)CSc2nnc(C)s2)c1. The molecule has 1 heterocycles. The highest BCUT2D eigenvalue weighted by molar-refractivity contribution is 8.01. The highest BCUT2D eigenvalue weighted by Gasteiger charge is 2.09. The predicted molar refractivity (Wildman–Crippen MR) is 75.3 cm³/mol. The number of hydrogen-bond acceptors (Lipinski definition) is 6. The number of rotatable bonds is 5. The first kappa shape index (κ1) is 13.3. The summed E-state index contributed by atoms with van der Waals surface area (Å²) in [6.45, 7) is 1.95. The summed E-state index contributed by atoms with van der Waals surface area (Å²) in [6, 6.07) is 7.82. The van der Waals surface area contributed by atoms with E-state index < -0.39 is 0 Å². The fraction of sp³-hybridized carbons (Fsp3) is 0.333. The highest BCUT2D eigenvalue weighted by atomic mass is 32.2. The monoisotopic (exact) mass is 281 g/mol. The van der Waals surface area contributed by atoms with E-state index in [1.807, 2.05) is 31.2 Å². The van der Waals surface area contributed by atoms with Crippen LogP contribution in [0.1, 0.15) is 16.6 Å². The van der Waals surface area contributed by atoms with E-state index in [9.17, 15) is 0 Å². The first-order valence-electron chi connectivity index (χ1n) is 5.51. The molecule has 0 spiro atoms. The van der Waals surface area contributed by atoms with Crippen molar-refractivity contribution < 1.29 is 4.74 Å².